The van der Waals surface area contributed by atoms with E-state index in [1.165, 1.54) is 43.2 Å². The Morgan fingerprint density at radius 2 is 1.76 bits per heavy atom. The van der Waals surface area contributed by atoms with Crippen molar-refractivity contribution in [2.45, 2.75) is 44.1 Å². The number of benzene rings is 2. The second kappa shape index (κ2) is 6.90. The van der Waals surface area contributed by atoms with E-state index >= 15 is 0 Å². The van der Waals surface area contributed by atoms with Gasteiger partial charge in [0.2, 0.25) is 5.91 Å². The van der Waals surface area contributed by atoms with Crippen LogP contribution in [0.3, 0.4) is 0 Å². The minimum absolute atomic E-state index is 0.0379. The van der Waals surface area contributed by atoms with Crippen LogP contribution in [0.25, 0.3) is 0 Å². The monoisotopic (exact) mass is 390 g/mol. The number of rotatable bonds is 2. The summed E-state index contributed by atoms with van der Waals surface area (Å²) < 4.78 is 0. The zero-order valence-electron chi connectivity index (χ0n) is 16.7. The average molecular weight is 390 g/mol. The second-order valence-corrected chi connectivity index (χ2v) is 8.59. The number of hydrogen-bond acceptors (Lipinski definition) is 3. The Hall–Kier alpha value is -2.82. The predicted octanol–water partition coefficient (Wildman–Crippen LogP) is 4.59. The summed E-state index contributed by atoms with van der Waals surface area (Å²) >= 11 is 0. The van der Waals surface area contributed by atoms with Gasteiger partial charge in [-0.05, 0) is 48.1 Å². The number of carboxylic acid groups (broad SMARTS) is 1. The molecule has 2 unspecified atom stereocenters. The van der Waals surface area contributed by atoms with E-state index in [0.717, 1.165) is 11.4 Å². The number of aromatic carboxylic acids is 1. The van der Waals surface area contributed by atoms with E-state index in [-0.39, 0.29) is 30.0 Å². The van der Waals surface area contributed by atoms with Crippen LogP contribution in [0.15, 0.2) is 42.5 Å². The number of anilines is 2. The van der Waals surface area contributed by atoms with Crippen molar-refractivity contribution in [2.75, 3.05) is 23.4 Å². The van der Waals surface area contributed by atoms with Crippen LogP contribution in [0, 0.1) is 5.92 Å². The molecule has 1 aliphatic carbocycles. The van der Waals surface area contributed by atoms with Gasteiger partial charge < -0.3 is 14.9 Å². The van der Waals surface area contributed by atoms with Gasteiger partial charge in [0, 0.05) is 24.3 Å². The van der Waals surface area contributed by atoms with E-state index in [0.29, 0.717) is 5.92 Å². The van der Waals surface area contributed by atoms with Crippen molar-refractivity contribution < 1.29 is 14.7 Å². The predicted molar refractivity (Wildman–Crippen MR) is 113 cm³/mol. The summed E-state index contributed by atoms with van der Waals surface area (Å²) in [6.45, 7) is 0.273. The Kier molecular flexibility index (Phi) is 4.34. The highest BCUT2D eigenvalue weighted by Crippen LogP contribution is 2.57. The van der Waals surface area contributed by atoms with Crippen LogP contribution in [-0.4, -0.2) is 30.6 Å². The van der Waals surface area contributed by atoms with Crippen molar-refractivity contribution >= 4 is 23.3 Å². The third-order valence-electron chi connectivity index (χ3n) is 7.08. The fourth-order valence-electron chi connectivity index (χ4n) is 5.70. The van der Waals surface area contributed by atoms with Crippen molar-refractivity contribution in [2.24, 2.45) is 5.92 Å². The smallest absolute Gasteiger partial charge is 0.335 e. The van der Waals surface area contributed by atoms with Crippen LogP contribution in [0.2, 0.25) is 0 Å². The second-order valence-electron chi connectivity index (χ2n) is 8.59. The van der Waals surface area contributed by atoms with Gasteiger partial charge in [-0.2, -0.15) is 0 Å². The van der Waals surface area contributed by atoms with Gasteiger partial charge in [-0.15, -0.1) is 0 Å². The third kappa shape index (κ3) is 2.83. The molecule has 0 bridgehead atoms. The third-order valence-corrected chi connectivity index (χ3v) is 7.08. The van der Waals surface area contributed by atoms with Gasteiger partial charge in [-0.1, -0.05) is 43.5 Å². The Labute approximate surface area is 170 Å². The van der Waals surface area contributed by atoms with Crippen LogP contribution >= 0.6 is 0 Å². The van der Waals surface area contributed by atoms with Crippen molar-refractivity contribution in [3.8, 4) is 0 Å². The molecule has 0 aromatic heterocycles. The fraction of sp³-hybridized carbons (Fsp3) is 0.417. The summed E-state index contributed by atoms with van der Waals surface area (Å²) in [6, 6.07) is 13.8. The van der Waals surface area contributed by atoms with Crippen molar-refractivity contribution in [1.82, 2.24) is 0 Å². The van der Waals surface area contributed by atoms with Crippen LogP contribution in [0.4, 0.5) is 11.4 Å². The first-order chi connectivity index (χ1) is 14.1. The highest BCUT2D eigenvalue weighted by molar-refractivity contribution is 5.99. The zero-order chi connectivity index (χ0) is 20.1. The molecule has 1 saturated carbocycles. The number of amides is 1. The number of carboxylic acids is 1. The molecule has 2 aromatic rings. The number of likely N-dealkylation sites (N-methyl/N-ethyl adjacent to an activating group) is 1. The van der Waals surface area contributed by atoms with Gasteiger partial charge in [0.25, 0.3) is 0 Å². The summed E-state index contributed by atoms with van der Waals surface area (Å²) in [4.78, 5) is 28.6. The highest BCUT2D eigenvalue weighted by atomic mass is 16.4. The maximum absolute atomic E-state index is 13.0. The Bertz CT molecular complexity index is 980. The summed E-state index contributed by atoms with van der Waals surface area (Å²) in [5, 5.41) is 9.54. The Morgan fingerprint density at radius 1 is 1.00 bits per heavy atom. The first-order valence-corrected chi connectivity index (χ1v) is 10.6. The van der Waals surface area contributed by atoms with Gasteiger partial charge in [0.1, 0.15) is 0 Å². The molecule has 5 heteroatoms. The standard InChI is InChI=1S/C24H26N2O3/c1-25-19-10-6-5-9-18(19)23-22(15-7-3-2-4-8-15)17-12-11-16(24(28)29)13-20(17)26(23)14-21(25)27/h5-6,9-13,15,22-23H,2-4,7-8,14H2,1H3,(H,28,29). The van der Waals surface area contributed by atoms with E-state index in [1.807, 2.05) is 31.3 Å². The van der Waals surface area contributed by atoms with Gasteiger partial charge in [-0.3, -0.25) is 4.79 Å². The molecule has 2 aliphatic heterocycles. The molecule has 0 radical (unpaired) electrons. The molecule has 2 aromatic carbocycles. The Balaban J connectivity index is 1.71. The lowest BCUT2D eigenvalue weighted by molar-refractivity contribution is -0.117. The summed E-state index contributed by atoms with van der Waals surface area (Å²) in [7, 11) is 1.84. The molecule has 0 spiro atoms. The minimum Gasteiger partial charge on any atom is -0.478 e. The quantitative estimate of drug-likeness (QED) is 0.815. The number of nitrogens with zero attached hydrogens (tertiary/aromatic N) is 2. The molecule has 5 nitrogen and oxygen atoms in total. The van der Waals surface area contributed by atoms with Gasteiger partial charge in [-0.25, -0.2) is 4.79 Å². The highest BCUT2D eigenvalue weighted by Gasteiger charge is 2.47. The molecule has 2 heterocycles. The summed E-state index contributed by atoms with van der Waals surface area (Å²) in [6.07, 6.45) is 6.18. The first kappa shape index (κ1) is 18.2. The average Bonchev–Trinajstić information content (AvgIpc) is 3.01. The molecule has 1 fully saturated rings. The lowest BCUT2D eigenvalue weighted by Gasteiger charge is -2.35. The topological polar surface area (TPSA) is 60.9 Å². The van der Waals surface area contributed by atoms with E-state index in [4.69, 9.17) is 0 Å². The molecule has 5 rings (SSSR count). The number of carbonyl (C=O) groups excluding carboxylic acids is 1. The van der Waals surface area contributed by atoms with Crippen molar-refractivity contribution in [3.63, 3.8) is 0 Å². The van der Waals surface area contributed by atoms with Gasteiger partial charge in [0.15, 0.2) is 0 Å². The molecule has 1 N–H and O–H groups in total. The zero-order valence-corrected chi connectivity index (χ0v) is 16.7. The largest absolute Gasteiger partial charge is 0.478 e. The molecule has 0 saturated heterocycles. The van der Waals surface area contributed by atoms with Crippen molar-refractivity contribution in [1.29, 1.82) is 0 Å². The first-order valence-electron chi connectivity index (χ1n) is 10.6. The molecule has 1 amide bonds. The number of fused-ring (bicyclic) bond motifs is 5. The lowest BCUT2D eigenvalue weighted by atomic mass is 9.73. The number of para-hydroxylation sites is 1. The van der Waals surface area contributed by atoms with Crippen LogP contribution in [0.5, 0.6) is 0 Å². The minimum atomic E-state index is -0.927. The Morgan fingerprint density at radius 3 is 2.52 bits per heavy atom. The van der Waals surface area contributed by atoms with Crippen molar-refractivity contribution in [3.05, 3.63) is 59.2 Å². The summed E-state index contributed by atoms with van der Waals surface area (Å²) in [5.41, 5.74) is 4.55. The maximum Gasteiger partial charge on any atom is 0.335 e. The van der Waals surface area contributed by atoms with Crippen LogP contribution in [0.1, 0.15) is 65.5 Å². The van der Waals surface area contributed by atoms with E-state index in [9.17, 15) is 14.7 Å². The maximum atomic E-state index is 13.0. The summed E-state index contributed by atoms with van der Waals surface area (Å²) in [5.74, 6) is -0.0478. The normalized spacial score (nSPS) is 24.0. The lowest BCUT2D eigenvalue weighted by Crippen LogP contribution is -2.36. The molecule has 29 heavy (non-hydrogen) atoms. The molecule has 150 valence electrons. The van der Waals surface area contributed by atoms with Gasteiger partial charge in [0.05, 0.1) is 18.2 Å². The van der Waals surface area contributed by atoms with Gasteiger partial charge >= 0.3 is 5.97 Å². The van der Waals surface area contributed by atoms with E-state index in [1.54, 1.807) is 17.0 Å². The van der Waals surface area contributed by atoms with E-state index in [2.05, 4.69) is 11.0 Å². The van der Waals surface area contributed by atoms with Crippen LogP contribution < -0.4 is 9.80 Å². The van der Waals surface area contributed by atoms with Crippen LogP contribution in [-0.2, 0) is 4.79 Å². The van der Waals surface area contributed by atoms with E-state index < -0.39 is 5.97 Å². The molecular weight excluding hydrogens is 364 g/mol. The number of carbonyl (C=O) groups is 2. The molecular formula is C24H26N2O3. The fourth-order valence-corrected chi connectivity index (χ4v) is 5.70. The molecule has 2 atom stereocenters. The SMILES string of the molecule is CN1C(=O)CN2c3cc(C(=O)O)ccc3C(C3CCCCC3)C2c2ccccc21. The molecule has 3 aliphatic rings. The number of hydrogen-bond donors (Lipinski definition) is 1.